The minimum atomic E-state index is -0.919. The first-order chi connectivity index (χ1) is 12.5. The fourth-order valence-corrected chi connectivity index (χ4v) is 4.55. The van der Waals surface area contributed by atoms with Gasteiger partial charge in [-0.3, -0.25) is 9.00 Å². The second kappa shape index (κ2) is 6.72. The first-order valence-electron chi connectivity index (χ1n) is 8.84. The van der Waals surface area contributed by atoms with E-state index >= 15 is 0 Å². The number of nitrogens with one attached hydrogen (secondary N) is 1. The van der Waals surface area contributed by atoms with E-state index in [1.807, 2.05) is 35.2 Å². The van der Waals surface area contributed by atoms with Crippen molar-refractivity contribution in [1.82, 2.24) is 9.88 Å². The zero-order valence-corrected chi connectivity index (χ0v) is 15.8. The van der Waals surface area contributed by atoms with Gasteiger partial charge >= 0.3 is 0 Å². The van der Waals surface area contributed by atoms with Crippen LogP contribution in [0.5, 0.6) is 0 Å². The summed E-state index contributed by atoms with van der Waals surface area (Å²) in [6.45, 7) is 2.79. The summed E-state index contributed by atoms with van der Waals surface area (Å²) in [7, 11) is -0.919. The number of carbonyl (C=O) groups is 1. The highest BCUT2D eigenvalue weighted by molar-refractivity contribution is 7.83. The first-order valence-corrected chi connectivity index (χ1v) is 10.6. The molecule has 2 heterocycles. The monoisotopic (exact) mass is 366 g/mol. The summed E-state index contributed by atoms with van der Waals surface area (Å²) in [5.41, 5.74) is 5.20. The van der Waals surface area contributed by atoms with Gasteiger partial charge in [-0.15, -0.1) is 0 Å². The molecule has 3 aromatic rings. The molecule has 0 bridgehead atoms. The molecular weight excluding hydrogens is 344 g/mol. The summed E-state index contributed by atoms with van der Waals surface area (Å²) in [6, 6.07) is 15.8. The number of hydrogen-bond acceptors (Lipinski definition) is 2. The first kappa shape index (κ1) is 17.0. The lowest BCUT2D eigenvalue weighted by atomic mass is 9.97. The number of para-hydroxylation sites is 1. The summed E-state index contributed by atoms with van der Waals surface area (Å²) in [5, 5.41) is 1.26. The van der Waals surface area contributed by atoms with Crippen LogP contribution in [-0.2, 0) is 23.0 Å². The molecule has 0 aliphatic carbocycles. The molecule has 0 fully saturated rings. The Hall–Kier alpha value is -2.40. The molecular formula is C21H22N2O2S. The van der Waals surface area contributed by atoms with Crippen LogP contribution < -0.4 is 0 Å². The van der Waals surface area contributed by atoms with Crippen molar-refractivity contribution in [2.24, 2.45) is 0 Å². The Balaban J connectivity index is 1.65. The van der Waals surface area contributed by atoms with E-state index in [1.54, 1.807) is 6.26 Å². The van der Waals surface area contributed by atoms with E-state index < -0.39 is 10.8 Å². The van der Waals surface area contributed by atoms with Crippen molar-refractivity contribution in [2.45, 2.75) is 25.1 Å². The topological polar surface area (TPSA) is 53.2 Å². The third-order valence-electron chi connectivity index (χ3n) is 5.14. The average molecular weight is 366 g/mol. The molecule has 1 aromatic heterocycles. The number of nitrogens with zero attached hydrogens (tertiary/aromatic N) is 1. The fourth-order valence-electron chi connectivity index (χ4n) is 3.90. The van der Waals surface area contributed by atoms with E-state index in [1.165, 1.54) is 10.9 Å². The van der Waals surface area contributed by atoms with E-state index in [4.69, 9.17) is 0 Å². The van der Waals surface area contributed by atoms with Crippen LogP contribution in [0.2, 0.25) is 0 Å². The van der Waals surface area contributed by atoms with Gasteiger partial charge in [0.2, 0.25) is 0 Å². The molecule has 26 heavy (non-hydrogen) atoms. The minimum Gasteiger partial charge on any atom is -0.356 e. The number of H-pyrrole nitrogens is 1. The van der Waals surface area contributed by atoms with E-state index in [-0.39, 0.29) is 11.9 Å². The van der Waals surface area contributed by atoms with E-state index in [0.717, 1.165) is 23.2 Å². The van der Waals surface area contributed by atoms with Crippen LogP contribution in [-0.4, -0.2) is 32.8 Å². The second-order valence-electron chi connectivity index (χ2n) is 6.91. The van der Waals surface area contributed by atoms with Gasteiger partial charge in [0.1, 0.15) is 0 Å². The van der Waals surface area contributed by atoms with Gasteiger partial charge in [-0.25, -0.2) is 0 Å². The lowest BCUT2D eigenvalue weighted by Crippen LogP contribution is -2.38. The fraction of sp³-hybridized carbons (Fsp3) is 0.286. The second-order valence-corrected chi connectivity index (χ2v) is 8.34. The van der Waals surface area contributed by atoms with Gasteiger partial charge in [0.05, 0.1) is 6.04 Å². The number of carbonyl (C=O) groups excluding carboxylic acids is 1. The van der Waals surface area contributed by atoms with Crippen LogP contribution in [0, 0.1) is 0 Å². The highest BCUT2D eigenvalue weighted by atomic mass is 32.2. The highest BCUT2D eigenvalue weighted by Gasteiger charge is 2.30. The van der Waals surface area contributed by atoms with Crippen molar-refractivity contribution in [2.75, 3.05) is 12.8 Å². The maximum atomic E-state index is 13.1. The van der Waals surface area contributed by atoms with E-state index in [9.17, 15) is 9.00 Å². The minimum absolute atomic E-state index is 0.00242. The maximum Gasteiger partial charge on any atom is 0.254 e. The summed E-state index contributed by atoms with van der Waals surface area (Å²) >= 11 is 0. The van der Waals surface area contributed by atoms with Crippen LogP contribution in [0.15, 0.2) is 48.5 Å². The van der Waals surface area contributed by atoms with Crippen molar-refractivity contribution < 1.29 is 9.00 Å². The van der Waals surface area contributed by atoms with Crippen molar-refractivity contribution in [3.63, 3.8) is 0 Å². The quantitative estimate of drug-likeness (QED) is 0.766. The van der Waals surface area contributed by atoms with Gasteiger partial charge in [0.15, 0.2) is 0 Å². The molecule has 0 saturated heterocycles. The van der Waals surface area contributed by atoms with Crippen molar-refractivity contribution in [1.29, 1.82) is 0 Å². The van der Waals surface area contributed by atoms with Crippen molar-refractivity contribution >= 4 is 27.6 Å². The van der Waals surface area contributed by atoms with E-state index in [0.29, 0.717) is 17.9 Å². The van der Waals surface area contributed by atoms with Gasteiger partial charge in [-0.05, 0) is 42.7 Å². The molecule has 2 atom stereocenters. The Morgan fingerprint density at radius 2 is 2.04 bits per heavy atom. The molecule has 2 aromatic carbocycles. The van der Waals surface area contributed by atoms with Crippen LogP contribution in [0.4, 0.5) is 0 Å². The number of fused-ring (bicyclic) bond motifs is 3. The third kappa shape index (κ3) is 2.97. The molecule has 1 aliphatic heterocycles. The number of aromatic amines is 1. The molecule has 0 radical (unpaired) electrons. The molecule has 1 amide bonds. The van der Waals surface area contributed by atoms with Crippen LogP contribution in [0.1, 0.15) is 40.1 Å². The lowest BCUT2D eigenvalue weighted by molar-refractivity contribution is 0.0674. The van der Waals surface area contributed by atoms with E-state index in [2.05, 4.69) is 30.1 Å². The number of rotatable bonds is 3. The third-order valence-corrected chi connectivity index (χ3v) is 5.88. The molecule has 2 unspecified atom stereocenters. The molecule has 1 N–H and O–H groups in total. The molecule has 0 spiro atoms. The lowest BCUT2D eigenvalue weighted by Gasteiger charge is -2.33. The standard InChI is InChI=1S/C21H22N2O2S/c1-14-20-18(17-8-3-4-9-19(17)22-20)10-11-23(14)21(24)16-7-5-6-15(12-16)13-26(2)25/h3-9,12,14,22H,10-11,13H2,1-2H3. The smallest absolute Gasteiger partial charge is 0.254 e. The Kier molecular flexibility index (Phi) is 4.41. The van der Waals surface area contributed by atoms with Crippen molar-refractivity contribution in [3.8, 4) is 0 Å². The maximum absolute atomic E-state index is 13.1. The number of hydrogen-bond donors (Lipinski definition) is 1. The largest absolute Gasteiger partial charge is 0.356 e. The van der Waals surface area contributed by atoms with Crippen LogP contribution in [0.25, 0.3) is 10.9 Å². The van der Waals surface area contributed by atoms with Gasteiger partial charge in [-0.1, -0.05) is 30.3 Å². The Bertz CT molecular complexity index is 1010. The molecule has 134 valence electrons. The average Bonchev–Trinajstić information content (AvgIpc) is 3.01. The predicted octanol–water partition coefficient (Wildman–Crippen LogP) is 3.81. The summed E-state index contributed by atoms with van der Waals surface area (Å²) in [6.07, 6.45) is 2.53. The summed E-state index contributed by atoms with van der Waals surface area (Å²) in [4.78, 5) is 18.5. The normalized spacial score (nSPS) is 17.9. The molecule has 5 heteroatoms. The molecule has 0 saturated carbocycles. The summed E-state index contributed by atoms with van der Waals surface area (Å²) < 4.78 is 11.5. The molecule has 1 aliphatic rings. The Morgan fingerprint density at radius 3 is 2.85 bits per heavy atom. The number of aromatic nitrogens is 1. The number of amides is 1. The number of benzene rings is 2. The van der Waals surface area contributed by atoms with Gasteiger partial charge in [0, 0.05) is 51.5 Å². The zero-order valence-electron chi connectivity index (χ0n) is 15.0. The Labute approximate surface area is 155 Å². The van der Waals surface area contributed by atoms with Crippen molar-refractivity contribution in [3.05, 3.63) is 70.9 Å². The Morgan fingerprint density at radius 1 is 1.23 bits per heavy atom. The van der Waals surface area contributed by atoms with Gasteiger partial charge < -0.3 is 9.88 Å². The van der Waals surface area contributed by atoms with Gasteiger partial charge in [0.25, 0.3) is 5.91 Å². The van der Waals surface area contributed by atoms with Gasteiger partial charge in [-0.2, -0.15) is 0 Å². The summed E-state index contributed by atoms with van der Waals surface area (Å²) in [5.74, 6) is 0.508. The SMILES string of the molecule is CC1c2[nH]c3ccccc3c2CCN1C(=O)c1cccc(CS(C)=O)c1. The molecule has 4 rings (SSSR count). The highest BCUT2D eigenvalue weighted by Crippen LogP contribution is 2.34. The van der Waals surface area contributed by atoms with Crippen LogP contribution in [0.3, 0.4) is 0 Å². The predicted molar refractivity (Wildman–Crippen MR) is 106 cm³/mol. The zero-order chi connectivity index (χ0) is 18.3. The van der Waals surface area contributed by atoms with Crippen LogP contribution >= 0.6 is 0 Å². The molecule has 4 nitrogen and oxygen atoms in total.